The van der Waals surface area contributed by atoms with Crippen LogP contribution in [0.1, 0.15) is 34.7 Å². The molecular formula is C17H21N3S. The van der Waals surface area contributed by atoms with Gasteiger partial charge in [-0.3, -0.25) is 0 Å². The fourth-order valence-electron chi connectivity index (χ4n) is 2.46. The number of nitrogens with zero attached hydrogens (tertiary/aromatic N) is 2. The predicted octanol–water partition coefficient (Wildman–Crippen LogP) is 3.84. The van der Waals surface area contributed by atoms with Crippen LogP contribution in [-0.2, 0) is 0 Å². The molecule has 1 aromatic heterocycles. The maximum Gasteiger partial charge on any atom is 0.0991 e. The van der Waals surface area contributed by atoms with Crippen molar-refractivity contribution >= 4 is 17.0 Å². The number of nitrogens with two attached hydrogens (primary N) is 1. The zero-order chi connectivity index (χ0) is 15.4. The molecule has 2 rings (SSSR count). The number of anilines is 1. The van der Waals surface area contributed by atoms with Crippen LogP contribution in [0.3, 0.4) is 0 Å². The highest BCUT2D eigenvalue weighted by molar-refractivity contribution is 7.12. The Bertz CT molecular complexity index is 624. The summed E-state index contributed by atoms with van der Waals surface area (Å²) < 4.78 is 0. The van der Waals surface area contributed by atoms with Crippen molar-refractivity contribution < 1.29 is 0 Å². The Morgan fingerprint density at radius 1 is 1.24 bits per heavy atom. The van der Waals surface area contributed by atoms with Crippen molar-refractivity contribution in [3.8, 4) is 6.07 Å². The second-order valence-corrected chi connectivity index (χ2v) is 6.55. The van der Waals surface area contributed by atoms with Crippen LogP contribution in [0.15, 0.2) is 36.4 Å². The topological polar surface area (TPSA) is 53.0 Å². The molecule has 0 spiro atoms. The standard InChI is InChI=1S/C17H21N3S/c1-4-15(19)17(16-10-5-12(2)21-16)20(3)14-8-6-13(11-18)7-9-14/h5-10,15,17H,4,19H2,1-3H3. The van der Waals surface area contributed by atoms with Gasteiger partial charge in [-0.2, -0.15) is 5.26 Å². The third-order valence-corrected chi connectivity index (χ3v) is 4.82. The number of rotatable bonds is 5. The molecular weight excluding hydrogens is 278 g/mol. The molecule has 2 N–H and O–H groups in total. The van der Waals surface area contributed by atoms with Crippen LogP contribution in [0.25, 0.3) is 0 Å². The van der Waals surface area contributed by atoms with Crippen molar-refractivity contribution in [3.63, 3.8) is 0 Å². The van der Waals surface area contributed by atoms with E-state index in [1.807, 2.05) is 24.3 Å². The Morgan fingerprint density at radius 2 is 1.90 bits per heavy atom. The second-order valence-electron chi connectivity index (χ2n) is 5.23. The first-order valence-electron chi connectivity index (χ1n) is 7.11. The maximum absolute atomic E-state index is 8.90. The summed E-state index contributed by atoms with van der Waals surface area (Å²) in [6, 6.07) is 14.3. The second kappa shape index (κ2) is 6.75. The molecule has 1 aromatic carbocycles. The molecule has 0 bridgehead atoms. The van der Waals surface area contributed by atoms with Crippen LogP contribution in [-0.4, -0.2) is 13.1 Å². The molecule has 0 amide bonds. The molecule has 110 valence electrons. The van der Waals surface area contributed by atoms with Gasteiger partial charge in [-0.1, -0.05) is 6.92 Å². The number of hydrogen-bond donors (Lipinski definition) is 1. The van der Waals surface area contributed by atoms with E-state index in [4.69, 9.17) is 11.0 Å². The quantitative estimate of drug-likeness (QED) is 0.912. The first-order chi connectivity index (χ1) is 10.1. The fraction of sp³-hybridized carbons (Fsp3) is 0.353. The van der Waals surface area contributed by atoms with Crippen LogP contribution in [0.2, 0.25) is 0 Å². The molecule has 1 heterocycles. The fourth-order valence-corrected chi connectivity index (χ4v) is 3.55. The Balaban J connectivity index is 2.33. The normalized spacial score (nSPS) is 13.5. The minimum atomic E-state index is 0.0729. The Hall–Kier alpha value is -1.83. The molecule has 0 aliphatic rings. The number of hydrogen-bond acceptors (Lipinski definition) is 4. The van der Waals surface area contributed by atoms with E-state index >= 15 is 0 Å². The van der Waals surface area contributed by atoms with Crippen molar-refractivity contribution in [3.05, 3.63) is 51.7 Å². The van der Waals surface area contributed by atoms with Gasteiger partial charge in [0.1, 0.15) is 0 Å². The van der Waals surface area contributed by atoms with Crippen molar-refractivity contribution in [1.29, 1.82) is 5.26 Å². The van der Waals surface area contributed by atoms with Crippen molar-refractivity contribution in [2.45, 2.75) is 32.4 Å². The van der Waals surface area contributed by atoms with Crippen LogP contribution in [0.5, 0.6) is 0 Å². The van der Waals surface area contributed by atoms with Gasteiger partial charge in [0.2, 0.25) is 0 Å². The smallest absolute Gasteiger partial charge is 0.0991 e. The van der Waals surface area contributed by atoms with Gasteiger partial charge in [0.05, 0.1) is 17.7 Å². The summed E-state index contributed by atoms with van der Waals surface area (Å²) in [5, 5.41) is 8.90. The molecule has 0 saturated carbocycles. The van der Waals surface area contributed by atoms with E-state index in [-0.39, 0.29) is 12.1 Å². The Morgan fingerprint density at radius 3 is 2.38 bits per heavy atom. The highest BCUT2D eigenvalue weighted by Crippen LogP contribution is 2.33. The van der Waals surface area contributed by atoms with E-state index < -0.39 is 0 Å². The van der Waals surface area contributed by atoms with E-state index in [0.29, 0.717) is 5.56 Å². The monoisotopic (exact) mass is 299 g/mol. The molecule has 3 nitrogen and oxygen atoms in total. The van der Waals surface area contributed by atoms with Crippen molar-refractivity contribution in [1.82, 2.24) is 0 Å². The first kappa shape index (κ1) is 15.6. The number of benzene rings is 1. The third-order valence-electron chi connectivity index (χ3n) is 3.75. The first-order valence-corrected chi connectivity index (χ1v) is 7.93. The van der Waals surface area contributed by atoms with Gasteiger partial charge in [-0.25, -0.2) is 0 Å². The molecule has 0 aliphatic carbocycles. The van der Waals surface area contributed by atoms with E-state index in [1.165, 1.54) is 9.75 Å². The minimum Gasteiger partial charge on any atom is -0.365 e. The number of thiophene rings is 1. The zero-order valence-corrected chi connectivity index (χ0v) is 13.5. The lowest BCUT2D eigenvalue weighted by molar-refractivity contribution is 0.516. The molecule has 2 unspecified atom stereocenters. The average Bonchev–Trinajstić information content (AvgIpc) is 2.93. The van der Waals surface area contributed by atoms with E-state index in [9.17, 15) is 0 Å². The van der Waals surface area contributed by atoms with Gasteiger partial charge in [0.25, 0.3) is 0 Å². The summed E-state index contributed by atoms with van der Waals surface area (Å²) >= 11 is 1.80. The summed E-state index contributed by atoms with van der Waals surface area (Å²) in [5.41, 5.74) is 8.12. The van der Waals surface area contributed by atoms with Crippen LogP contribution >= 0.6 is 11.3 Å². The van der Waals surface area contributed by atoms with Crippen LogP contribution in [0.4, 0.5) is 5.69 Å². The highest BCUT2D eigenvalue weighted by Gasteiger charge is 2.24. The molecule has 2 aromatic rings. The molecule has 4 heteroatoms. The van der Waals surface area contributed by atoms with Crippen molar-refractivity contribution in [2.75, 3.05) is 11.9 Å². The number of likely N-dealkylation sites (N-methyl/N-ethyl adjacent to an activating group) is 1. The Labute approximate surface area is 130 Å². The predicted molar refractivity (Wildman–Crippen MR) is 89.6 cm³/mol. The van der Waals surface area contributed by atoms with Gasteiger partial charge in [0, 0.05) is 28.5 Å². The lowest BCUT2D eigenvalue weighted by Gasteiger charge is -2.33. The molecule has 0 fully saturated rings. The summed E-state index contributed by atoms with van der Waals surface area (Å²) in [4.78, 5) is 4.79. The number of aryl methyl sites for hydroxylation is 1. The molecule has 0 aliphatic heterocycles. The average molecular weight is 299 g/mol. The van der Waals surface area contributed by atoms with Gasteiger partial charge < -0.3 is 10.6 Å². The number of nitriles is 1. The van der Waals surface area contributed by atoms with E-state index in [0.717, 1.165) is 12.1 Å². The summed E-state index contributed by atoms with van der Waals surface area (Å²) in [6.07, 6.45) is 0.919. The molecule has 2 atom stereocenters. The summed E-state index contributed by atoms with van der Waals surface area (Å²) in [5.74, 6) is 0. The molecule has 0 saturated heterocycles. The zero-order valence-electron chi connectivity index (χ0n) is 12.7. The molecule has 21 heavy (non-hydrogen) atoms. The minimum absolute atomic E-state index is 0.0729. The summed E-state index contributed by atoms with van der Waals surface area (Å²) in [6.45, 7) is 4.23. The highest BCUT2D eigenvalue weighted by atomic mass is 32.1. The summed E-state index contributed by atoms with van der Waals surface area (Å²) in [7, 11) is 2.07. The Kier molecular flexibility index (Phi) is 5.00. The van der Waals surface area contributed by atoms with Gasteiger partial charge in [-0.05, 0) is 49.7 Å². The third kappa shape index (κ3) is 3.44. The van der Waals surface area contributed by atoms with Crippen LogP contribution in [0, 0.1) is 18.3 Å². The largest absolute Gasteiger partial charge is 0.365 e. The SMILES string of the molecule is CCC(N)C(c1ccc(C)s1)N(C)c1ccc(C#N)cc1. The van der Waals surface area contributed by atoms with Gasteiger partial charge in [0.15, 0.2) is 0 Å². The van der Waals surface area contributed by atoms with Gasteiger partial charge in [-0.15, -0.1) is 11.3 Å². The maximum atomic E-state index is 8.90. The lowest BCUT2D eigenvalue weighted by Crippen LogP contribution is -2.38. The van der Waals surface area contributed by atoms with Crippen LogP contribution < -0.4 is 10.6 Å². The van der Waals surface area contributed by atoms with Gasteiger partial charge >= 0.3 is 0 Å². The van der Waals surface area contributed by atoms with E-state index in [2.05, 4.69) is 44.0 Å². The van der Waals surface area contributed by atoms with Crippen molar-refractivity contribution in [2.24, 2.45) is 5.73 Å². The molecule has 0 radical (unpaired) electrons. The lowest BCUT2D eigenvalue weighted by atomic mass is 10.0. The van der Waals surface area contributed by atoms with E-state index in [1.54, 1.807) is 11.3 Å².